The minimum atomic E-state index is -0.544. The molecule has 31 heavy (non-hydrogen) atoms. The first-order valence-electron chi connectivity index (χ1n) is 9.68. The first-order chi connectivity index (χ1) is 14.9. The normalized spacial score (nSPS) is 11.1. The van der Waals surface area contributed by atoms with E-state index in [0.29, 0.717) is 20.9 Å². The third kappa shape index (κ3) is 3.94. The van der Waals surface area contributed by atoms with Crippen molar-refractivity contribution in [2.24, 2.45) is 0 Å². The van der Waals surface area contributed by atoms with Crippen LogP contribution in [0.15, 0.2) is 63.5 Å². The third-order valence-electron chi connectivity index (χ3n) is 5.31. The second-order valence-corrected chi connectivity index (χ2v) is 8.55. The first-order valence-corrected chi connectivity index (χ1v) is 10.9. The van der Waals surface area contributed by atoms with Crippen LogP contribution in [0, 0.1) is 13.8 Å². The zero-order valence-electron chi connectivity index (χ0n) is 17.0. The average Bonchev–Trinajstić information content (AvgIpc) is 3.24. The average molecular weight is 454 g/mol. The number of aromatic nitrogens is 2. The quantitative estimate of drug-likeness (QED) is 0.499. The lowest BCUT2D eigenvalue weighted by atomic mass is 10.1. The molecule has 158 valence electrons. The van der Waals surface area contributed by atoms with E-state index in [2.05, 4.69) is 5.32 Å². The first kappa shape index (κ1) is 21.1. The van der Waals surface area contributed by atoms with Gasteiger partial charge in [0.25, 0.3) is 5.56 Å². The van der Waals surface area contributed by atoms with Gasteiger partial charge in [-0.3, -0.25) is 14.2 Å². The monoisotopic (exact) mass is 453 g/mol. The van der Waals surface area contributed by atoms with Gasteiger partial charge in [-0.15, -0.1) is 11.3 Å². The van der Waals surface area contributed by atoms with Crippen molar-refractivity contribution in [2.75, 3.05) is 0 Å². The molecule has 2 heterocycles. The number of aryl methyl sites for hydroxylation is 1. The van der Waals surface area contributed by atoms with Crippen LogP contribution < -0.4 is 16.6 Å². The maximum atomic E-state index is 13.4. The molecule has 1 N–H and O–H groups in total. The van der Waals surface area contributed by atoms with Crippen LogP contribution in [0.25, 0.3) is 15.9 Å². The maximum absolute atomic E-state index is 13.4. The molecule has 2 aromatic carbocycles. The Labute approximate surface area is 187 Å². The van der Waals surface area contributed by atoms with Gasteiger partial charge in [-0.1, -0.05) is 41.9 Å². The summed E-state index contributed by atoms with van der Waals surface area (Å²) in [5.74, 6) is -0.347. The molecule has 6 nitrogen and oxygen atoms in total. The van der Waals surface area contributed by atoms with E-state index in [9.17, 15) is 14.4 Å². The number of halogens is 1. The number of amides is 1. The predicted molar refractivity (Wildman–Crippen MR) is 124 cm³/mol. The predicted octanol–water partition coefficient (Wildman–Crippen LogP) is 3.80. The highest BCUT2D eigenvalue weighted by molar-refractivity contribution is 7.17. The highest BCUT2D eigenvalue weighted by atomic mass is 35.5. The molecule has 0 atom stereocenters. The van der Waals surface area contributed by atoms with Crippen molar-refractivity contribution in [3.8, 4) is 5.69 Å². The van der Waals surface area contributed by atoms with Crippen molar-refractivity contribution < 1.29 is 4.79 Å². The van der Waals surface area contributed by atoms with Crippen molar-refractivity contribution in [1.82, 2.24) is 14.5 Å². The van der Waals surface area contributed by atoms with Gasteiger partial charge in [0.1, 0.15) is 11.2 Å². The maximum Gasteiger partial charge on any atom is 0.336 e. The van der Waals surface area contributed by atoms with Gasteiger partial charge in [-0.25, -0.2) is 9.36 Å². The molecule has 0 spiro atoms. The van der Waals surface area contributed by atoms with Crippen LogP contribution in [0.3, 0.4) is 0 Å². The molecular formula is C23H20ClN3O3S. The largest absolute Gasteiger partial charge is 0.350 e. The minimum Gasteiger partial charge on any atom is -0.350 e. The minimum absolute atomic E-state index is 0.207. The summed E-state index contributed by atoms with van der Waals surface area (Å²) in [4.78, 5) is 39.1. The molecule has 0 aliphatic heterocycles. The van der Waals surface area contributed by atoms with Crippen molar-refractivity contribution in [1.29, 1.82) is 0 Å². The van der Waals surface area contributed by atoms with Crippen molar-refractivity contribution in [2.45, 2.75) is 26.9 Å². The van der Waals surface area contributed by atoms with E-state index < -0.39 is 5.69 Å². The number of nitrogens with zero attached hydrogens (tertiary/aromatic N) is 2. The van der Waals surface area contributed by atoms with Gasteiger partial charge in [-0.05, 0) is 54.1 Å². The summed E-state index contributed by atoms with van der Waals surface area (Å²) >= 11 is 7.40. The number of hydrogen-bond donors (Lipinski definition) is 1. The number of carbonyl (C=O) groups is 1. The van der Waals surface area contributed by atoms with Gasteiger partial charge in [0.2, 0.25) is 5.91 Å². The molecule has 0 aliphatic carbocycles. The number of rotatable bonds is 5. The highest BCUT2D eigenvalue weighted by Gasteiger charge is 2.19. The fraction of sp³-hybridized carbons (Fsp3) is 0.174. The number of carbonyl (C=O) groups excluding carboxylic acids is 1. The van der Waals surface area contributed by atoms with Crippen LogP contribution >= 0.6 is 22.9 Å². The fourth-order valence-corrected chi connectivity index (χ4v) is 4.49. The van der Waals surface area contributed by atoms with E-state index in [1.165, 1.54) is 15.9 Å². The second kappa shape index (κ2) is 8.53. The Balaban J connectivity index is 1.74. The van der Waals surface area contributed by atoms with Gasteiger partial charge in [-0.2, -0.15) is 0 Å². The highest BCUT2D eigenvalue weighted by Crippen LogP contribution is 2.19. The van der Waals surface area contributed by atoms with Gasteiger partial charge in [0.15, 0.2) is 0 Å². The molecule has 0 bridgehead atoms. The molecule has 8 heteroatoms. The zero-order chi connectivity index (χ0) is 22.1. The number of thiophene rings is 1. The summed E-state index contributed by atoms with van der Waals surface area (Å²) < 4.78 is 2.93. The molecule has 4 aromatic rings. The topological polar surface area (TPSA) is 73.1 Å². The molecular weight excluding hydrogens is 434 g/mol. The Morgan fingerprint density at radius 3 is 2.61 bits per heavy atom. The lowest BCUT2D eigenvalue weighted by Gasteiger charge is -2.15. The number of hydrogen-bond acceptors (Lipinski definition) is 4. The Kier molecular flexibility index (Phi) is 5.80. The van der Waals surface area contributed by atoms with Crippen LogP contribution in [0.1, 0.15) is 16.7 Å². The lowest BCUT2D eigenvalue weighted by Crippen LogP contribution is -2.41. The Morgan fingerprint density at radius 1 is 1.06 bits per heavy atom. The van der Waals surface area contributed by atoms with Gasteiger partial charge >= 0.3 is 5.69 Å². The molecule has 0 saturated carbocycles. The molecule has 0 aliphatic rings. The molecule has 1 amide bonds. The fourth-order valence-electron chi connectivity index (χ4n) is 3.47. The van der Waals surface area contributed by atoms with Crippen molar-refractivity contribution in [3.05, 3.63) is 96.5 Å². The second-order valence-electron chi connectivity index (χ2n) is 7.23. The number of fused-ring (bicyclic) bond motifs is 1. The summed E-state index contributed by atoms with van der Waals surface area (Å²) in [5, 5.41) is 5.11. The molecule has 0 fully saturated rings. The summed E-state index contributed by atoms with van der Waals surface area (Å²) in [6.07, 6.45) is 0. The van der Waals surface area contributed by atoms with Crippen LogP contribution in [0.5, 0.6) is 0 Å². The van der Waals surface area contributed by atoms with E-state index in [4.69, 9.17) is 11.6 Å². The van der Waals surface area contributed by atoms with Crippen molar-refractivity contribution >= 4 is 39.1 Å². The Bertz CT molecular complexity index is 1420. The van der Waals surface area contributed by atoms with Gasteiger partial charge in [0, 0.05) is 11.6 Å². The van der Waals surface area contributed by atoms with Crippen LogP contribution in [0.2, 0.25) is 5.02 Å². The Morgan fingerprint density at radius 2 is 1.84 bits per heavy atom. The molecule has 0 saturated heterocycles. The lowest BCUT2D eigenvalue weighted by molar-refractivity contribution is -0.121. The van der Waals surface area contributed by atoms with Gasteiger partial charge < -0.3 is 5.32 Å². The van der Waals surface area contributed by atoms with E-state index >= 15 is 0 Å². The molecule has 0 radical (unpaired) electrons. The smallest absolute Gasteiger partial charge is 0.336 e. The molecule has 4 rings (SSSR count). The summed E-state index contributed by atoms with van der Waals surface area (Å²) in [5.41, 5.74) is 2.65. The number of benzene rings is 2. The van der Waals surface area contributed by atoms with Crippen molar-refractivity contribution in [3.63, 3.8) is 0 Å². The van der Waals surface area contributed by atoms with E-state index in [0.717, 1.165) is 21.3 Å². The van der Waals surface area contributed by atoms with E-state index in [1.807, 2.05) is 44.2 Å². The van der Waals surface area contributed by atoms with Crippen LogP contribution in [-0.2, 0) is 17.9 Å². The van der Waals surface area contributed by atoms with Crippen LogP contribution in [-0.4, -0.2) is 15.0 Å². The van der Waals surface area contributed by atoms with Gasteiger partial charge in [0.05, 0.1) is 11.2 Å². The number of nitrogens with one attached hydrogen (secondary N) is 1. The summed E-state index contributed by atoms with van der Waals surface area (Å²) in [6.45, 7) is 3.84. The standard InChI is InChI=1S/C23H20ClN3O3S/c1-14-6-5-9-18(15(14)2)27-22(29)21-19(10-11-31-21)26(23(27)30)13-20(28)25-12-16-7-3-4-8-17(16)24/h3-11H,12-13H2,1-2H3,(H,25,28). The summed E-state index contributed by atoms with van der Waals surface area (Å²) in [6, 6.07) is 14.4. The zero-order valence-corrected chi connectivity index (χ0v) is 18.6. The van der Waals surface area contributed by atoms with E-state index in [1.54, 1.807) is 23.6 Å². The van der Waals surface area contributed by atoms with E-state index in [-0.39, 0.29) is 24.6 Å². The third-order valence-corrected chi connectivity index (χ3v) is 6.57. The molecule has 2 aromatic heterocycles. The summed E-state index contributed by atoms with van der Waals surface area (Å²) in [7, 11) is 0. The van der Waals surface area contributed by atoms with Crippen LogP contribution in [0.4, 0.5) is 0 Å². The Hall–Kier alpha value is -3.16. The SMILES string of the molecule is Cc1cccc(-n2c(=O)c3sccc3n(CC(=O)NCc3ccccc3Cl)c2=O)c1C. The molecule has 0 unspecified atom stereocenters.